The Labute approximate surface area is 168 Å². The normalized spacial score (nSPS) is 11.0. The summed E-state index contributed by atoms with van der Waals surface area (Å²) >= 11 is 0. The maximum atomic E-state index is 4.32. The fourth-order valence-corrected chi connectivity index (χ4v) is 3.12. The van der Waals surface area contributed by atoms with Gasteiger partial charge in [-0.3, -0.25) is 0 Å². The number of aryl methyl sites for hydroxylation is 2. The Morgan fingerprint density at radius 3 is 1.50 bits per heavy atom. The van der Waals surface area contributed by atoms with Crippen LogP contribution in [0.4, 0.5) is 0 Å². The first-order chi connectivity index (χ1) is 14.7. The Bertz CT molecular complexity index is 1300. The third-order valence-electron chi connectivity index (χ3n) is 4.41. The van der Waals surface area contributed by atoms with Crippen LogP contribution >= 0.6 is 0 Å². The van der Waals surface area contributed by atoms with Crippen molar-refractivity contribution in [2.45, 2.75) is 13.8 Å². The molecule has 6 rings (SSSR count). The topological polar surface area (TPSA) is 166 Å². The summed E-state index contributed by atoms with van der Waals surface area (Å²) < 4.78 is 0. The van der Waals surface area contributed by atoms with Crippen LogP contribution < -0.4 is 0 Å². The molecule has 0 unspecified atom stereocenters. The maximum Gasteiger partial charge on any atom is 0.204 e. The number of nitrogens with one attached hydrogen (secondary N) is 4. The van der Waals surface area contributed by atoms with E-state index in [1.807, 2.05) is 50.2 Å². The second-order valence-corrected chi connectivity index (χ2v) is 6.58. The highest BCUT2D eigenvalue weighted by atomic mass is 15.5. The summed E-state index contributed by atoms with van der Waals surface area (Å²) in [5, 5.41) is 27.6. The zero-order valence-corrected chi connectivity index (χ0v) is 16.0. The molecule has 148 valence electrons. The first-order valence-electron chi connectivity index (χ1n) is 9.06. The van der Waals surface area contributed by atoms with Gasteiger partial charge in [-0.05, 0) is 60.7 Å². The summed E-state index contributed by atoms with van der Waals surface area (Å²) in [6.07, 6.45) is 0. The van der Waals surface area contributed by atoms with Gasteiger partial charge in [0.15, 0.2) is 0 Å². The van der Waals surface area contributed by atoms with E-state index in [9.17, 15) is 0 Å². The summed E-state index contributed by atoms with van der Waals surface area (Å²) in [7, 11) is 0. The number of hydrogen-bond donors (Lipinski definition) is 4. The monoisotopic (exact) mass is 400 g/mol. The predicted molar refractivity (Wildman–Crippen MR) is 108 cm³/mol. The number of benzene rings is 2. The average Bonchev–Trinajstić information content (AvgIpc) is 3.52. The van der Waals surface area contributed by atoms with Crippen molar-refractivity contribution in [1.29, 1.82) is 0 Å². The van der Waals surface area contributed by atoms with Crippen molar-refractivity contribution < 1.29 is 0 Å². The zero-order chi connectivity index (χ0) is 20.5. The van der Waals surface area contributed by atoms with Gasteiger partial charge >= 0.3 is 0 Å². The van der Waals surface area contributed by atoms with Crippen LogP contribution in [0.25, 0.3) is 44.8 Å². The minimum atomic E-state index is 0.587. The van der Waals surface area contributed by atoms with Crippen molar-refractivity contribution in [1.82, 2.24) is 61.2 Å². The molecule has 0 spiro atoms. The van der Waals surface area contributed by atoms with E-state index < -0.39 is 0 Å². The van der Waals surface area contributed by atoms with Crippen molar-refractivity contribution >= 4 is 22.1 Å². The van der Waals surface area contributed by atoms with Crippen molar-refractivity contribution in [2.24, 2.45) is 0 Å². The number of H-pyrrole nitrogens is 4. The molecule has 4 N–H and O–H groups in total. The molecule has 0 aliphatic rings. The van der Waals surface area contributed by atoms with Gasteiger partial charge in [0.25, 0.3) is 0 Å². The number of nitrogens with zero attached hydrogens (tertiary/aromatic N) is 8. The Balaban J connectivity index is 0.000000128. The van der Waals surface area contributed by atoms with Gasteiger partial charge in [-0.15, -0.1) is 20.4 Å². The minimum Gasteiger partial charge on any atom is -0.342 e. The van der Waals surface area contributed by atoms with E-state index in [0.29, 0.717) is 11.6 Å². The molecule has 0 aliphatic carbocycles. The highest BCUT2D eigenvalue weighted by Gasteiger charge is 2.06. The number of fused-ring (bicyclic) bond motifs is 2. The Kier molecular flexibility index (Phi) is 4.20. The molecule has 0 bridgehead atoms. The maximum absolute atomic E-state index is 4.32. The van der Waals surface area contributed by atoms with E-state index in [0.717, 1.165) is 44.8 Å². The lowest BCUT2D eigenvalue weighted by molar-refractivity contribution is 0.881. The fraction of sp³-hybridized carbons (Fsp3) is 0.111. The molecular formula is C18H16N12. The highest BCUT2D eigenvalue weighted by Crippen LogP contribution is 2.20. The second-order valence-electron chi connectivity index (χ2n) is 6.58. The van der Waals surface area contributed by atoms with Gasteiger partial charge in [0, 0.05) is 11.1 Å². The van der Waals surface area contributed by atoms with Gasteiger partial charge in [0.05, 0.1) is 22.1 Å². The molecule has 4 heterocycles. The second kappa shape index (κ2) is 7.16. The molecule has 12 nitrogen and oxygen atoms in total. The number of imidazole rings is 2. The van der Waals surface area contributed by atoms with Crippen LogP contribution in [0.15, 0.2) is 36.4 Å². The summed E-state index contributed by atoms with van der Waals surface area (Å²) in [5.74, 6) is 2.97. The van der Waals surface area contributed by atoms with E-state index >= 15 is 0 Å². The molecule has 2 aromatic carbocycles. The molecule has 0 saturated carbocycles. The van der Waals surface area contributed by atoms with E-state index in [-0.39, 0.29) is 0 Å². The average molecular weight is 400 g/mol. The van der Waals surface area contributed by atoms with E-state index in [1.54, 1.807) is 0 Å². The molecule has 30 heavy (non-hydrogen) atoms. The van der Waals surface area contributed by atoms with Crippen molar-refractivity contribution in [3.05, 3.63) is 48.0 Å². The van der Waals surface area contributed by atoms with Crippen molar-refractivity contribution in [2.75, 3.05) is 0 Å². The summed E-state index contributed by atoms with van der Waals surface area (Å²) in [5.41, 5.74) is 5.68. The summed E-state index contributed by atoms with van der Waals surface area (Å²) in [6, 6.07) is 11.6. The van der Waals surface area contributed by atoms with E-state index in [1.165, 1.54) is 0 Å². The number of aromatic amines is 4. The molecule has 0 saturated heterocycles. The molecule has 0 radical (unpaired) electrons. The van der Waals surface area contributed by atoms with Gasteiger partial charge < -0.3 is 9.97 Å². The van der Waals surface area contributed by atoms with Crippen LogP contribution in [0.1, 0.15) is 11.6 Å². The molecular weight excluding hydrogens is 384 g/mol. The Hall–Kier alpha value is -4.48. The molecule has 12 heteroatoms. The molecule has 0 aliphatic heterocycles. The Morgan fingerprint density at radius 1 is 0.633 bits per heavy atom. The third kappa shape index (κ3) is 3.37. The van der Waals surface area contributed by atoms with Gasteiger partial charge in [0.2, 0.25) is 11.6 Å². The van der Waals surface area contributed by atoms with E-state index in [4.69, 9.17) is 0 Å². The van der Waals surface area contributed by atoms with Crippen LogP contribution in [0.3, 0.4) is 0 Å². The number of rotatable bonds is 2. The lowest BCUT2D eigenvalue weighted by atomic mass is 10.2. The van der Waals surface area contributed by atoms with Gasteiger partial charge in [-0.2, -0.15) is 10.4 Å². The quantitative estimate of drug-likeness (QED) is 0.343. The SMILES string of the molecule is Cc1nc2ccc(-c3nn[nH]n3)cc2[nH]1.Cc1nc2ccc(-c3nn[nH]n3)cc2[nH]1. The molecule has 0 atom stereocenters. The highest BCUT2D eigenvalue weighted by molar-refractivity contribution is 5.81. The van der Waals surface area contributed by atoms with Crippen LogP contribution in [-0.2, 0) is 0 Å². The number of tetrazole rings is 2. The molecule has 0 fully saturated rings. The third-order valence-corrected chi connectivity index (χ3v) is 4.41. The number of hydrogen-bond acceptors (Lipinski definition) is 8. The molecule has 6 aromatic rings. The Morgan fingerprint density at radius 2 is 1.10 bits per heavy atom. The van der Waals surface area contributed by atoms with Gasteiger partial charge in [0.1, 0.15) is 11.6 Å². The number of aromatic nitrogens is 12. The van der Waals surface area contributed by atoms with Crippen LogP contribution in [0, 0.1) is 13.8 Å². The first kappa shape index (κ1) is 17.6. The zero-order valence-electron chi connectivity index (χ0n) is 16.0. The first-order valence-corrected chi connectivity index (χ1v) is 9.06. The van der Waals surface area contributed by atoms with Crippen LogP contribution in [0.2, 0.25) is 0 Å². The fourth-order valence-electron chi connectivity index (χ4n) is 3.12. The minimum absolute atomic E-state index is 0.587. The predicted octanol–water partition coefficient (Wildman–Crippen LogP) is 2.10. The molecule has 0 amide bonds. The lowest BCUT2D eigenvalue weighted by Gasteiger charge is -1.93. The van der Waals surface area contributed by atoms with E-state index in [2.05, 4.69) is 61.2 Å². The van der Waals surface area contributed by atoms with Gasteiger partial charge in [-0.1, -0.05) is 0 Å². The van der Waals surface area contributed by atoms with Crippen LogP contribution in [-0.4, -0.2) is 61.2 Å². The van der Waals surface area contributed by atoms with Crippen molar-refractivity contribution in [3.63, 3.8) is 0 Å². The summed E-state index contributed by atoms with van der Waals surface area (Å²) in [6.45, 7) is 3.85. The van der Waals surface area contributed by atoms with Crippen molar-refractivity contribution in [3.8, 4) is 22.8 Å². The summed E-state index contributed by atoms with van der Waals surface area (Å²) in [4.78, 5) is 15.0. The van der Waals surface area contributed by atoms with Gasteiger partial charge in [-0.25, -0.2) is 9.97 Å². The standard InChI is InChI=1S/2C9H8N6/c2*1-5-10-7-3-2-6(4-8(7)11-5)9-12-14-15-13-9/h2*2-4H,1H3,(H,10,11)(H,12,13,14,15). The largest absolute Gasteiger partial charge is 0.342 e. The smallest absolute Gasteiger partial charge is 0.204 e. The van der Waals surface area contributed by atoms with Crippen LogP contribution in [0.5, 0.6) is 0 Å². The lowest BCUT2D eigenvalue weighted by Crippen LogP contribution is -1.81. The molecule has 4 aromatic heterocycles.